The van der Waals surface area contributed by atoms with Gasteiger partial charge in [0.15, 0.2) is 0 Å². The second-order valence-corrected chi connectivity index (χ2v) is 9.04. The van der Waals surface area contributed by atoms with Crippen molar-refractivity contribution in [1.82, 2.24) is 0 Å². The van der Waals surface area contributed by atoms with Crippen molar-refractivity contribution in [3.05, 3.63) is 76.6 Å². The van der Waals surface area contributed by atoms with E-state index < -0.39 is 28.4 Å². The third kappa shape index (κ3) is 4.67. The zero-order valence-electron chi connectivity index (χ0n) is 17.1. The number of halogens is 4. The maximum Gasteiger partial charge on any atom is 0.343 e. The van der Waals surface area contributed by atoms with Gasteiger partial charge in [-0.3, -0.25) is 0 Å². The van der Waals surface area contributed by atoms with Crippen LogP contribution in [0.3, 0.4) is 0 Å². The van der Waals surface area contributed by atoms with Crippen molar-refractivity contribution in [1.29, 1.82) is 0 Å². The summed E-state index contributed by atoms with van der Waals surface area (Å²) < 4.78 is 47.0. The summed E-state index contributed by atoms with van der Waals surface area (Å²) in [6.45, 7) is 3.93. The van der Waals surface area contributed by atoms with Crippen LogP contribution in [0.1, 0.15) is 60.4 Å². The van der Waals surface area contributed by atoms with E-state index in [9.17, 15) is 18.0 Å². The van der Waals surface area contributed by atoms with Crippen LogP contribution in [0.15, 0.2) is 43.0 Å². The summed E-state index contributed by atoms with van der Waals surface area (Å²) in [7, 11) is 0. The number of carbonyl (C=O) groups excluding carboxylic acids is 1. The molecule has 0 aromatic heterocycles. The molecule has 6 heteroatoms. The molecule has 2 fully saturated rings. The van der Waals surface area contributed by atoms with E-state index in [1.165, 1.54) is 12.5 Å². The molecule has 0 amide bonds. The molecule has 2 aliphatic rings. The first-order valence-electron chi connectivity index (χ1n) is 10.6. The number of allylic oxidation sites excluding steroid dienone is 1. The summed E-state index contributed by atoms with van der Waals surface area (Å²) in [6.07, 6.45) is 8.51. The minimum absolute atomic E-state index is 0.0165. The molecule has 2 nitrogen and oxygen atoms in total. The molecule has 0 radical (unpaired) electrons. The van der Waals surface area contributed by atoms with Crippen LogP contribution in [0, 0.1) is 35.2 Å². The van der Waals surface area contributed by atoms with E-state index in [0.29, 0.717) is 23.3 Å². The fourth-order valence-corrected chi connectivity index (χ4v) is 5.27. The van der Waals surface area contributed by atoms with Gasteiger partial charge in [-0.1, -0.05) is 23.7 Å². The lowest BCUT2D eigenvalue weighted by Crippen LogP contribution is -2.30. The van der Waals surface area contributed by atoms with Gasteiger partial charge in [-0.2, -0.15) is 0 Å². The highest BCUT2D eigenvalue weighted by atomic mass is 35.5. The summed E-state index contributed by atoms with van der Waals surface area (Å²) in [6, 6.07) is 5.90. The van der Waals surface area contributed by atoms with Crippen molar-refractivity contribution >= 4 is 17.6 Å². The predicted octanol–water partition coefficient (Wildman–Crippen LogP) is 7.46. The van der Waals surface area contributed by atoms with Crippen molar-refractivity contribution in [2.45, 2.75) is 44.4 Å². The van der Waals surface area contributed by atoms with Crippen molar-refractivity contribution in [3.8, 4) is 5.75 Å². The Morgan fingerprint density at radius 3 is 2.32 bits per heavy atom. The summed E-state index contributed by atoms with van der Waals surface area (Å²) in [5.74, 6) is -1.73. The van der Waals surface area contributed by atoms with Crippen molar-refractivity contribution < 1.29 is 22.7 Å². The molecule has 4 unspecified atom stereocenters. The Morgan fingerprint density at radius 1 is 0.968 bits per heavy atom. The number of rotatable bonds is 4. The predicted molar refractivity (Wildman–Crippen MR) is 114 cm³/mol. The van der Waals surface area contributed by atoms with Gasteiger partial charge in [-0.15, -0.1) is 6.58 Å². The SMILES string of the molecule is C=CC1CCC2CC(c3ccc(C(=O)Oc4cc(F)c(Cl)c(F)c4)cc3F)CCC2C1. The molecule has 4 rings (SSSR count). The standard InChI is InChI=1S/C25H24ClF3O2/c1-2-14-3-4-16-10-17(6-5-15(16)9-14)20-8-7-18(11-21(20)27)25(30)31-19-12-22(28)24(26)23(29)13-19/h2,7-8,11-17H,1,3-6,9-10H2. The van der Waals surface area contributed by atoms with E-state index in [-0.39, 0.29) is 17.2 Å². The second-order valence-electron chi connectivity index (χ2n) is 8.67. The Balaban J connectivity index is 1.45. The lowest BCUT2D eigenvalue weighted by Gasteiger charge is -2.41. The zero-order chi connectivity index (χ0) is 22.1. The van der Waals surface area contributed by atoms with E-state index in [4.69, 9.17) is 16.3 Å². The number of hydrogen-bond acceptors (Lipinski definition) is 2. The quantitative estimate of drug-likeness (QED) is 0.210. The largest absolute Gasteiger partial charge is 0.423 e. The van der Waals surface area contributed by atoms with Gasteiger partial charge < -0.3 is 4.74 Å². The summed E-state index contributed by atoms with van der Waals surface area (Å²) in [5, 5.41) is -0.678. The third-order valence-electron chi connectivity index (χ3n) is 6.83. The number of carbonyl (C=O) groups is 1. The number of fused-ring (bicyclic) bond motifs is 1. The lowest BCUT2D eigenvalue weighted by molar-refractivity contribution is 0.0733. The van der Waals surface area contributed by atoms with Crippen molar-refractivity contribution in [2.75, 3.05) is 0 Å². The minimum atomic E-state index is -1.04. The maximum atomic E-state index is 14.9. The van der Waals surface area contributed by atoms with Crippen LogP contribution in [-0.2, 0) is 0 Å². The first-order chi connectivity index (χ1) is 14.9. The van der Waals surface area contributed by atoms with Crippen LogP contribution in [0.5, 0.6) is 5.75 Å². The van der Waals surface area contributed by atoms with Crippen LogP contribution < -0.4 is 4.74 Å². The molecular formula is C25H24ClF3O2. The summed E-state index contributed by atoms with van der Waals surface area (Å²) in [5.41, 5.74) is 0.599. The lowest BCUT2D eigenvalue weighted by atomic mass is 9.64. The number of benzene rings is 2. The van der Waals surface area contributed by atoms with Gasteiger partial charge in [0, 0.05) is 12.1 Å². The molecule has 2 aromatic carbocycles. The Kier molecular flexibility index (Phi) is 6.42. The van der Waals surface area contributed by atoms with E-state index in [1.807, 2.05) is 0 Å². The minimum Gasteiger partial charge on any atom is -0.423 e. The van der Waals surface area contributed by atoms with Crippen LogP contribution >= 0.6 is 11.6 Å². The van der Waals surface area contributed by atoms with Crippen LogP contribution in [0.2, 0.25) is 5.02 Å². The monoisotopic (exact) mass is 448 g/mol. The average Bonchev–Trinajstić information content (AvgIpc) is 2.76. The number of ether oxygens (including phenoxy) is 1. The fourth-order valence-electron chi connectivity index (χ4n) is 5.16. The highest BCUT2D eigenvalue weighted by molar-refractivity contribution is 6.30. The van der Waals surface area contributed by atoms with Crippen LogP contribution in [-0.4, -0.2) is 5.97 Å². The molecule has 0 N–H and O–H groups in total. The fraction of sp³-hybridized carbons (Fsp3) is 0.400. The van der Waals surface area contributed by atoms with Gasteiger partial charge >= 0.3 is 5.97 Å². The Hall–Kier alpha value is -2.27. The van der Waals surface area contributed by atoms with Crippen molar-refractivity contribution in [3.63, 3.8) is 0 Å². The molecule has 0 heterocycles. The molecule has 4 atom stereocenters. The Labute approximate surface area is 185 Å². The van der Waals surface area contributed by atoms with Gasteiger partial charge in [0.25, 0.3) is 0 Å². The first kappa shape index (κ1) is 21.9. The number of esters is 1. The van der Waals surface area contributed by atoms with E-state index >= 15 is 0 Å². The molecular weight excluding hydrogens is 425 g/mol. The van der Waals surface area contributed by atoms with Crippen LogP contribution in [0.4, 0.5) is 13.2 Å². The van der Waals surface area contributed by atoms with E-state index in [0.717, 1.165) is 50.3 Å². The highest BCUT2D eigenvalue weighted by Crippen LogP contribution is 2.48. The van der Waals surface area contributed by atoms with Crippen molar-refractivity contribution in [2.24, 2.45) is 17.8 Å². The Morgan fingerprint density at radius 2 is 1.65 bits per heavy atom. The van der Waals surface area contributed by atoms with Gasteiger partial charge in [0.2, 0.25) is 0 Å². The number of hydrogen-bond donors (Lipinski definition) is 0. The first-order valence-corrected chi connectivity index (χ1v) is 11.0. The molecule has 2 aliphatic carbocycles. The van der Waals surface area contributed by atoms with E-state index in [1.54, 1.807) is 6.07 Å². The molecule has 0 saturated heterocycles. The molecule has 0 bridgehead atoms. The third-order valence-corrected chi connectivity index (χ3v) is 7.19. The zero-order valence-corrected chi connectivity index (χ0v) is 17.8. The van der Waals surface area contributed by atoms with Gasteiger partial charge in [-0.05, 0) is 79.9 Å². The molecule has 164 valence electrons. The van der Waals surface area contributed by atoms with Gasteiger partial charge in [0.05, 0.1) is 5.56 Å². The molecule has 2 aromatic rings. The molecule has 2 saturated carbocycles. The normalized spacial score (nSPS) is 25.5. The molecule has 31 heavy (non-hydrogen) atoms. The van der Waals surface area contributed by atoms with Gasteiger partial charge in [0.1, 0.15) is 28.2 Å². The smallest absolute Gasteiger partial charge is 0.343 e. The second kappa shape index (κ2) is 9.07. The van der Waals surface area contributed by atoms with E-state index in [2.05, 4.69) is 12.7 Å². The van der Waals surface area contributed by atoms with Gasteiger partial charge in [-0.25, -0.2) is 18.0 Å². The summed E-state index contributed by atoms with van der Waals surface area (Å²) in [4.78, 5) is 12.3. The topological polar surface area (TPSA) is 26.3 Å². The average molecular weight is 449 g/mol. The van der Waals surface area contributed by atoms with Crippen LogP contribution in [0.25, 0.3) is 0 Å². The maximum absolute atomic E-state index is 14.9. The highest BCUT2D eigenvalue weighted by Gasteiger charge is 2.36. The Bertz CT molecular complexity index is 983. The molecule has 0 aliphatic heterocycles. The molecule has 0 spiro atoms. The summed E-state index contributed by atoms with van der Waals surface area (Å²) >= 11 is 5.43.